The zero-order valence-electron chi connectivity index (χ0n) is 14.5. The molecular formula is C18H22N3O3W-. The van der Waals surface area contributed by atoms with Crippen molar-refractivity contribution in [2.24, 2.45) is 0 Å². The molecule has 6 nitrogen and oxygen atoms in total. The molecule has 0 amide bonds. The van der Waals surface area contributed by atoms with Gasteiger partial charge in [0.2, 0.25) is 0 Å². The number of aliphatic hydroxyl groups is 1. The third kappa shape index (κ3) is 5.10. The number of fused-ring (bicyclic) bond motifs is 1. The molecule has 1 unspecified atom stereocenters. The van der Waals surface area contributed by atoms with Crippen LogP contribution in [-0.4, -0.2) is 39.3 Å². The minimum atomic E-state index is -0.935. The van der Waals surface area contributed by atoms with Crippen LogP contribution < -0.4 is 0 Å². The Morgan fingerprint density at radius 1 is 1.28 bits per heavy atom. The van der Waals surface area contributed by atoms with Gasteiger partial charge >= 0.3 is 5.97 Å². The smallest absolute Gasteiger partial charge is 0.337 e. The fraction of sp³-hybridized carbons (Fsp3) is 0.389. The fourth-order valence-electron chi connectivity index (χ4n) is 2.89. The van der Waals surface area contributed by atoms with E-state index in [-0.39, 0.29) is 38.6 Å². The van der Waals surface area contributed by atoms with Crippen molar-refractivity contribution in [1.29, 1.82) is 0 Å². The summed E-state index contributed by atoms with van der Waals surface area (Å²) in [5.41, 5.74) is 3.36. The summed E-state index contributed by atoms with van der Waals surface area (Å²) in [5.74, 6) is 0.113. The second-order valence-corrected chi connectivity index (χ2v) is 5.88. The van der Waals surface area contributed by atoms with Crippen molar-refractivity contribution < 1.29 is 36.1 Å². The molecule has 1 aliphatic rings. The van der Waals surface area contributed by atoms with E-state index in [0.29, 0.717) is 0 Å². The number of hydrogen-bond acceptors (Lipinski definition) is 4. The molecular weight excluding hydrogens is 490 g/mol. The molecule has 2 aromatic heterocycles. The molecule has 2 heterocycles. The van der Waals surface area contributed by atoms with Crippen LogP contribution in [0.4, 0.5) is 5.82 Å². The maximum Gasteiger partial charge on any atom is 0.337 e. The molecule has 0 aliphatic heterocycles. The van der Waals surface area contributed by atoms with Gasteiger partial charge in [-0.2, -0.15) is 0 Å². The molecule has 134 valence electrons. The molecule has 1 aliphatic carbocycles. The Labute approximate surface area is 162 Å². The van der Waals surface area contributed by atoms with Gasteiger partial charge in [0.25, 0.3) is 0 Å². The monoisotopic (exact) mass is 512 g/mol. The average molecular weight is 512 g/mol. The van der Waals surface area contributed by atoms with Crippen LogP contribution in [-0.2, 0) is 33.9 Å². The summed E-state index contributed by atoms with van der Waals surface area (Å²) in [6, 6.07) is 5.91. The first-order valence-electron chi connectivity index (χ1n) is 7.86. The van der Waals surface area contributed by atoms with Gasteiger partial charge in [-0.1, -0.05) is 38.0 Å². The van der Waals surface area contributed by atoms with Crippen molar-refractivity contribution in [3.8, 4) is 0 Å². The molecule has 2 N–H and O–H groups in total. The third-order valence-corrected chi connectivity index (χ3v) is 3.85. The van der Waals surface area contributed by atoms with Crippen LogP contribution in [0.5, 0.6) is 0 Å². The van der Waals surface area contributed by atoms with Crippen LogP contribution in [0.15, 0.2) is 30.6 Å². The van der Waals surface area contributed by atoms with E-state index in [2.05, 4.69) is 21.4 Å². The van der Waals surface area contributed by atoms with Crippen molar-refractivity contribution in [3.05, 3.63) is 58.3 Å². The second-order valence-electron chi connectivity index (χ2n) is 5.88. The van der Waals surface area contributed by atoms with Gasteiger partial charge in [-0.15, -0.1) is 0 Å². The SMILES string of the molecule is CC(C)[N-]c1ncccc1C1Cc2cc(C(=O)O)cnc2C1.CO.[W]. The van der Waals surface area contributed by atoms with Crippen molar-refractivity contribution in [3.63, 3.8) is 0 Å². The summed E-state index contributed by atoms with van der Waals surface area (Å²) >= 11 is 0. The molecule has 1 atom stereocenters. The van der Waals surface area contributed by atoms with E-state index < -0.39 is 5.97 Å². The van der Waals surface area contributed by atoms with Crippen molar-refractivity contribution in [2.45, 2.75) is 38.6 Å². The molecule has 0 radical (unpaired) electrons. The Morgan fingerprint density at radius 2 is 2.00 bits per heavy atom. The van der Waals surface area contributed by atoms with Crippen LogP contribution >= 0.6 is 0 Å². The molecule has 3 rings (SSSR count). The maximum absolute atomic E-state index is 11.1. The van der Waals surface area contributed by atoms with Crippen LogP contribution in [0.25, 0.3) is 5.32 Å². The van der Waals surface area contributed by atoms with E-state index in [4.69, 9.17) is 10.2 Å². The maximum atomic E-state index is 11.1. The first-order chi connectivity index (χ1) is 11.5. The van der Waals surface area contributed by atoms with Gasteiger partial charge in [-0.25, -0.2) is 4.79 Å². The van der Waals surface area contributed by atoms with E-state index in [0.717, 1.165) is 42.6 Å². The minimum Gasteiger partial charge on any atom is -0.478 e. The molecule has 0 fully saturated rings. The number of carboxylic acid groups (broad SMARTS) is 1. The average Bonchev–Trinajstić information content (AvgIpc) is 2.99. The summed E-state index contributed by atoms with van der Waals surface area (Å²) in [6.07, 6.45) is 4.79. The molecule has 0 spiro atoms. The second kappa shape index (κ2) is 9.64. The van der Waals surface area contributed by atoms with E-state index in [1.54, 1.807) is 12.3 Å². The largest absolute Gasteiger partial charge is 0.478 e. The molecule has 0 aromatic carbocycles. The summed E-state index contributed by atoms with van der Waals surface area (Å²) in [5, 5.41) is 20.7. The topological polar surface area (TPSA) is 97.4 Å². The number of nitrogens with zero attached hydrogens (tertiary/aromatic N) is 3. The van der Waals surface area contributed by atoms with Crippen LogP contribution in [0, 0.1) is 0 Å². The molecule has 2 aromatic rings. The number of aliphatic hydroxyl groups excluding tert-OH is 1. The number of pyridine rings is 2. The number of carbonyl (C=O) groups is 1. The predicted octanol–water partition coefficient (Wildman–Crippen LogP) is 3.08. The van der Waals surface area contributed by atoms with E-state index in [1.807, 2.05) is 19.9 Å². The standard InChI is InChI=1S/C17H19N3O2.CH4O.W/c1-10(2)20-16-14(4-3-5-18-16)11-6-12-7-13(17(21)22)9-19-15(12)8-11;1-2;/h3-5,7,9-11H,6,8H2,1-2H3,(H2,18,20,21,22);2H,1H3;/p-1. The molecule has 7 heteroatoms. The summed E-state index contributed by atoms with van der Waals surface area (Å²) in [7, 11) is 1.00. The van der Waals surface area contributed by atoms with Crippen LogP contribution in [0.1, 0.15) is 46.9 Å². The zero-order chi connectivity index (χ0) is 17.7. The molecule has 0 saturated carbocycles. The van der Waals surface area contributed by atoms with E-state index in [9.17, 15) is 4.79 Å². The number of aromatic carboxylic acids is 1. The number of aromatic nitrogens is 2. The third-order valence-electron chi connectivity index (χ3n) is 3.85. The van der Waals surface area contributed by atoms with E-state index in [1.165, 1.54) is 6.20 Å². The van der Waals surface area contributed by atoms with Gasteiger partial charge in [-0.3, -0.25) is 4.98 Å². The Morgan fingerprint density at radius 3 is 2.64 bits per heavy atom. The van der Waals surface area contributed by atoms with Crippen molar-refractivity contribution in [2.75, 3.05) is 7.11 Å². The van der Waals surface area contributed by atoms with Crippen LogP contribution in [0.2, 0.25) is 0 Å². The number of hydrogen-bond donors (Lipinski definition) is 2. The number of rotatable bonds is 4. The zero-order valence-corrected chi connectivity index (χ0v) is 17.4. The Bertz CT molecular complexity index is 722. The van der Waals surface area contributed by atoms with Gasteiger partial charge in [-0.05, 0) is 42.0 Å². The summed E-state index contributed by atoms with van der Waals surface area (Å²) in [4.78, 5) is 19.8. The minimum absolute atomic E-state index is 0. The van der Waals surface area contributed by atoms with Gasteiger partial charge in [0.1, 0.15) is 0 Å². The molecule has 25 heavy (non-hydrogen) atoms. The van der Waals surface area contributed by atoms with Crippen molar-refractivity contribution in [1.82, 2.24) is 9.97 Å². The van der Waals surface area contributed by atoms with E-state index >= 15 is 0 Å². The van der Waals surface area contributed by atoms with Crippen LogP contribution in [0.3, 0.4) is 0 Å². The normalized spacial score (nSPS) is 14.8. The fourth-order valence-corrected chi connectivity index (χ4v) is 2.89. The van der Waals surface area contributed by atoms with Gasteiger partial charge in [0.05, 0.1) is 5.56 Å². The van der Waals surface area contributed by atoms with Gasteiger partial charge in [0.15, 0.2) is 0 Å². The quantitative estimate of drug-likeness (QED) is 0.657. The Hall–Kier alpha value is -1.78. The Balaban J connectivity index is 0.00000101. The summed E-state index contributed by atoms with van der Waals surface area (Å²) < 4.78 is 0. The van der Waals surface area contributed by atoms with Gasteiger partial charge < -0.3 is 20.5 Å². The molecule has 0 bridgehead atoms. The number of carboxylic acids is 1. The van der Waals surface area contributed by atoms with Crippen molar-refractivity contribution >= 4 is 11.8 Å². The summed E-state index contributed by atoms with van der Waals surface area (Å²) in [6.45, 7) is 4.06. The predicted molar refractivity (Wildman–Crippen MR) is 91.9 cm³/mol. The first kappa shape index (κ1) is 21.3. The first-order valence-corrected chi connectivity index (χ1v) is 7.86. The Kier molecular flexibility index (Phi) is 8.20. The van der Waals surface area contributed by atoms with Gasteiger partial charge in [0, 0.05) is 40.1 Å². The molecule has 0 saturated heterocycles.